The minimum absolute atomic E-state index is 0.302. The predicted octanol–water partition coefficient (Wildman–Crippen LogP) is 0.169. The molecule has 2 aromatic carbocycles. The third-order valence-corrected chi connectivity index (χ3v) is 3.57. The third-order valence-electron chi connectivity index (χ3n) is 3.57. The molecule has 0 saturated carbocycles. The summed E-state index contributed by atoms with van der Waals surface area (Å²) in [6, 6.07) is 13.7. The maximum Gasteiger partial charge on any atom is 0.116 e. The van der Waals surface area contributed by atoms with Crippen LogP contribution in [-0.2, 0) is 0 Å². The first-order chi connectivity index (χ1) is 8.83. The molecule has 2 heteroatoms. The van der Waals surface area contributed by atoms with E-state index in [2.05, 4.69) is 24.3 Å². The summed E-state index contributed by atoms with van der Waals surface area (Å²) in [4.78, 5) is 4.70. The first kappa shape index (κ1) is 9.66. The van der Waals surface area contributed by atoms with E-state index in [1.807, 2.05) is 18.2 Å². The Morgan fingerprint density at radius 1 is 1.00 bits per heavy atom. The highest BCUT2D eigenvalue weighted by Crippen LogP contribution is 2.20. The minimum Gasteiger partial charge on any atom is -0.508 e. The molecule has 4 rings (SSSR count). The van der Waals surface area contributed by atoms with Crippen molar-refractivity contribution in [3.05, 3.63) is 63.5 Å². The minimum atomic E-state index is 0.302. The van der Waals surface area contributed by atoms with Crippen LogP contribution in [0.2, 0.25) is 0 Å². The predicted molar refractivity (Wildman–Crippen MR) is 70.5 cm³/mol. The van der Waals surface area contributed by atoms with Gasteiger partial charge in [-0.05, 0) is 35.4 Å². The Labute approximate surface area is 104 Å². The highest BCUT2D eigenvalue weighted by molar-refractivity contribution is 5.92. The van der Waals surface area contributed by atoms with Crippen molar-refractivity contribution in [1.82, 2.24) is 0 Å². The van der Waals surface area contributed by atoms with Crippen molar-refractivity contribution in [2.45, 2.75) is 6.42 Å². The zero-order valence-electron chi connectivity index (χ0n) is 9.72. The van der Waals surface area contributed by atoms with Crippen LogP contribution in [0.15, 0.2) is 47.5 Å². The van der Waals surface area contributed by atoms with E-state index in [4.69, 9.17) is 4.99 Å². The average Bonchev–Trinajstić information content (AvgIpc) is 2.77. The summed E-state index contributed by atoms with van der Waals surface area (Å²) < 4.78 is 0. The lowest BCUT2D eigenvalue weighted by Crippen LogP contribution is -2.29. The molecular formula is C16H11NO. The van der Waals surface area contributed by atoms with E-state index < -0.39 is 0 Å². The van der Waals surface area contributed by atoms with Gasteiger partial charge in [0, 0.05) is 10.4 Å². The van der Waals surface area contributed by atoms with Crippen LogP contribution >= 0.6 is 0 Å². The molecule has 1 heterocycles. The molecule has 0 atom stereocenters. The van der Waals surface area contributed by atoms with E-state index in [1.165, 1.54) is 16.0 Å². The molecule has 0 amide bonds. The van der Waals surface area contributed by atoms with Crippen LogP contribution in [0, 0.1) is 0 Å². The summed E-state index contributed by atoms with van der Waals surface area (Å²) in [5.41, 5.74) is 2.29. The van der Waals surface area contributed by atoms with Gasteiger partial charge in [-0.1, -0.05) is 30.3 Å². The number of hydrogen-bond donors (Lipinski definition) is 1. The van der Waals surface area contributed by atoms with E-state index >= 15 is 0 Å². The third kappa shape index (κ3) is 1.20. The van der Waals surface area contributed by atoms with Gasteiger partial charge in [-0.3, -0.25) is 0 Å². The van der Waals surface area contributed by atoms with Gasteiger partial charge in [0.2, 0.25) is 0 Å². The lowest BCUT2D eigenvalue weighted by atomic mass is 9.99. The highest BCUT2D eigenvalue weighted by atomic mass is 16.3. The number of rotatable bonds is 0. The van der Waals surface area contributed by atoms with Gasteiger partial charge in [0.1, 0.15) is 5.75 Å². The number of nitrogens with zero attached hydrogens (tertiary/aromatic N) is 1. The van der Waals surface area contributed by atoms with Crippen LogP contribution in [0.25, 0.3) is 17.3 Å². The van der Waals surface area contributed by atoms with E-state index in [0.29, 0.717) is 5.75 Å². The van der Waals surface area contributed by atoms with E-state index in [1.54, 1.807) is 6.07 Å². The summed E-state index contributed by atoms with van der Waals surface area (Å²) in [6.45, 7) is 0. The molecule has 0 saturated heterocycles. The Morgan fingerprint density at radius 2 is 1.89 bits per heavy atom. The Bertz CT molecular complexity index is 907. The quantitative estimate of drug-likeness (QED) is 0.691. The lowest BCUT2D eigenvalue weighted by Gasteiger charge is -2.07. The largest absolute Gasteiger partial charge is 0.508 e. The van der Waals surface area contributed by atoms with Gasteiger partial charge in [0.15, 0.2) is 0 Å². The van der Waals surface area contributed by atoms with Gasteiger partial charge in [-0.15, -0.1) is 0 Å². The van der Waals surface area contributed by atoms with E-state index in [0.717, 1.165) is 22.7 Å². The summed E-state index contributed by atoms with van der Waals surface area (Å²) in [6.07, 6.45) is 3.11. The number of aromatic hydroxyl groups is 1. The molecule has 0 spiro atoms. The fourth-order valence-electron chi connectivity index (χ4n) is 2.71. The zero-order chi connectivity index (χ0) is 12.1. The molecule has 18 heavy (non-hydrogen) atoms. The van der Waals surface area contributed by atoms with Crippen molar-refractivity contribution in [3.8, 4) is 5.75 Å². The van der Waals surface area contributed by atoms with Crippen molar-refractivity contribution < 1.29 is 5.11 Å². The Morgan fingerprint density at radius 3 is 2.83 bits per heavy atom. The van der Waals surface area contributed by atoms with Gasteiger partial charge in [-0.25, -0.2) is 4.99 Å². The number of phenolic OH excluding ortho intramolecular Hbond substituents is 1. The SMILES string of the molecule is Oc1ccc2c(c1)=C1CC=c3ccccc3=C1N=2. The normalized spacial score (nSPS) is 15.3. The monoisotopic (exact) mass is 233 g/mol. The molecular weight excluding hydrogens is 222 g/mol. The maximum atomic E-state index is 9.61. The first-order valence-corrected chi connectivity index (χ1v) is 6.04. The van der Waals surface area contributed by atoms with Gasteiger partial charge in [-0.2, -0.15) is 0 Å². The number of phenols is 1. The lowest BCUT2D eigenvalue weighted by molar-refractivity contribution is 0.474. The van der Waals surface area contributed by atoms with Crippen molar-refractivity contribution in [3.63, 3.8) is 0 Å². The van der Waals surface area contributed by atoms with E-state index in [9.17, 15) is 5.11 Å². The average molecular weight is 233 g/mol. The number of fused-ring (bicyclic) bond motifs is 3. The molecule has 1 aliphatic carbocycles. The number of hydrogen-bond acceptors (Lipinski definition) is 2. The van der Waals surface area contributed by atoms with E-state index in [-0.39, 0.29) is 0 Å². The fraction of sp³-hybridized carbons (Fsp3) is 0.0625. The first-order valence-electron chi connectivity index (χ1n) is 6.04. The molecule has 0 radical (unpaired) electrons. The molecule has 0 fully saturated rings. The summed E-state index contributed by atoms with van der Waals surface area (Å²) in [5, 5.41) is 14.1. The Hall–Kier alpha value is -2.35. The van der Waals surface area contributed by atoms with Crippen molar-refractivity contribution in [2.75, 3.05) is 0 Å². The maximum absolute atomic E-state index is 9.61. The fourth-order valence-corrected chi connectivity index (χ4v) is 2.71. The summed E-state index contributed by atoms with van der Waals surface area (Å²) in [7, 11) is 0. The second-order valence-electron chi connectivity index (χ2n) is 4.64. The van der Waals surface area contributed by atoms with Gasteiger partial charge >= 0.3 is 0 Å². The Kier molecular flexibility index (Phi) is 1.78. The second-order valence-corrected chi connectivity index (χ2v) is 4.64. The molecule has 1 aliphatic heterocycles. The van der Waals surface area contributed by atoms with Crippen LogP contribution in [0.4, 0.5) is 0 Å². The second kappa shape index (κ2) is 3.33. The van der Waals surface area contributed by atoms with Gasteiger partial charge < -0.3 is 5.11 Å². The van der Waals surface area contributed by atoms with Crippen LogP contribution in [-0.4, -0.2) is 5.11 Å². The smallest absolute Gasteiger partial charge is 0.116 e. The van der Waals surface area contributed by atoms with Gasteiger partial charge in [0.05, 0.1) is 11.1 Å². The molecule has 86 valence electrons. The summed E-state index contributed by atoms with van der Waals surface area (Å²) in [5.74, 6) is 0.302. The van der Waals surface area contributed by atoms with Crippen LogP contribution in [0.3, 0.4) is 0 Å². The molecule has 0 bridgehead atoms. The highest BCUT2D eigenvalue weighted by Gasteiger charge is 2.15. The van der Waals surface area contributed by atoms with Crippen molar-refractivity contribution >= 4 is 17.3 Å². The van der Waals surface area contributed by atoms with Crippen LogP contribution in [0.5, 0.6) is 5.75 Å². The van der Waals surface area contributed by atoms with Gasteiger partial charge in [0.25, 0.3) is 0 Å². The topological polar surface area (TPSA) is 32.6 Å². The molecule has 0 aromatic heterocycles. The standard InChI is InChI=1S/C16H11NO/c18-11-6-8-15-14(9-11)13-7-5-10-3-1-2-4-12(10)16(13)17-15/h1-6,8-9,18H,7H2. The summed E-state index contributed by atoms with van der Waals surface area (Å²) >= 11 is 0. The number of benzene rings is 2. The molecule has 2 aliphatic rings. The van der Waals surface area contributed by atoms with Crippen LogP contribution < -0.4 is 21.0 Å². The van der Waals surface area contributed by atoms with Crippen molar-refractivity contribution in [2.24, 2.45) is 4.99 Å². The van der Waals surface area contributed by atoms with Crippen molar-refractivity contribution in [1.29, 1.82) is 0 Å². The molecule has 1 N–H and O–H groups in total. The zero-order valence-corrected chi connectivity index (χ0v) is 9.72. The van der Waals surface area contributed by atoms with Crippen LogP contribution in [0.1, 0.15) is 6.42 Å². The molecule has 2 aromatic rings. The molecule has 0 unspecified atom stereocenters. The molecule has 2 nitrogen and oxygen atoms in total. The Balaban J connectivity index is 2.24.